The van der Waals surface area contributed by atoms with Crippen molar-refractivity contribution in [2.75, 3.05) is 171 Å². The molecule has 7 saturated heterocycles. The van der Waals surface area contributed by atoms with Gasteiger partial charge in [0.15, 0.2) is 0 Å². The molecule has 0 aliphatic carbocycles. The van der Waals surface area contributed by atoms with Gasteiger partial charge in [0.05, 0.1) is 13.2 Å². The highest BCUT2D eigenvalue weighted by molar-refractivity contribution is 4.89. The molecular formula is C91H198N10O. The maximum atomic E-state index is 5.27. The van der Waals surface area contributed by atoms with Gasteiger partial charge in [-0.3, -0.25) is 9.80 Å². The van der Waals surface area contributed by atoms with Crippen molar-refractivity contribution in [2.45, 2.75) is 358 Å². The van der Waals surface area contributed by atoms with Gasteiger partial charge in [-0.2, -0.15) is 0 Å². The normalized spacial score (nSPS) is 22.8. The minimum Gasteiger partial charge on any atom is -0.379 e. The van der Waals surface area contributed by atoms with Crippen molar-refractivity contribution in [1.29, 1.82) is 0 Å². The van der Waals surface area contributed by atoms with E-state index >= 15 is 0 Å². The van der Waals surface area contributed by atoms with E-state index in [2.05, 4.69) is 334 Å². The zero-order valence-electron chi connectivity index (χ0n) is 78.4. The molecule has 618 valence electrons. The Kier molecular flexibility index (Phi) is 51.6. The van der Waals surface area contributed by atoms with Crippen LogP contribution in [0.15, 0.2) is 0 Å². The SMILES string of the molecule is CC(C)(C)C1CCCN1.CC(C)(C)CC(C)(C)C.CC(C)(C)CN1CCCC1.CC(C)(C)CN1CCCC1.CC(C)(C)CN1CCOCC1.CC1CCN(CC(C)(C)C)C1.CC1CN(C(C)(C)C)CC(C)N1.CCC1CCN(CC(C)(C)C)C1.CCN(CC)CC(C)(C)C.CN(C)CC(C)(C)C. The van der Waals surface area contributed by atoms with E-state index in [0.29, 0.717) is 71.8 Å². The molecule has 0 aromatic carbocycles. The number of nitrogens with one attached hydrogen (secondary N) is 2. The average molecular weight is 1450 g/mol. The molecule has 7 aliphatic rings. The van der Waals surface area contributed by atoms with Gasteiger partial charge < -0.3 is 44.8 Å². The van der Waals surface area contributed by atoms with Gasteiger partial charge in [0, 0.05) is 109 Å². The molecule has 5 unspecified atom stereocenters. The van der Waals surface area contributed by atoms with Gasteiger partial charge in [-0.25, -0.2) is 0 Å². The van der Waals surface area contributed by atoms with Gasteiger partial charge >= 0.3 is 0 Å². The van der Waals surface area contributed by atoms with Crippen LogP contribution in [0.2, 0.25) is 0 Å². The molecule has 7 heterocycles. The number of ether oxygens (including phenoxy) is 1. The predicted octanol–water partition coefficient (Wildman–Crippen LogP) is 21.4. The predicted molar refractivity (Wildman–Crippen MR) is 464 cm³/mol. The monoisotopic (exact) mass is 1450 g/mol. The first-order valence-corrected chi connectivity index (χ1v) is 42.6. The molecule has 0 spiro atoms. The van der Waals surface area contributed by atoms with Crippen LogP contribution in [0.25, 0.3) is 0 Å². The summed E-state index contributed by atoms with van der Waals surface area (Å²) < 4.78 is 5.27. The highest BCUT2D eigenvalue weighted by Gasteiger charge is 2.31. The van der Waals surface area contributed by atoms with E-state index in [9.17, 15) is 0 Å². The van der Waals surface area contributed by atoms with Gasteiger partial charge in [0.2, 0.25) is 0 Å². The Bertz CT molecular complexity index is 1870. The smallest absolute Gasteiger partial charge is 0.0594 e. The summed E-state index contributed by atoms with van der Waals surface area (Å²) in [6.45, 7) is 119. The van der Waals surface area contributed by atoms with Crippen molar-refractivity contribution in [1.82, 2.24) is 49.8 Å². The lowest BCUT2D eigenvalue weighted by Gasteiger charge is -2.43. The summed E-state index contributed by atoms with van der Waals surface area (Å²) in [5.74, 6) is 1.91. The number of hydrogen-bond donors (Lipinski definition) is 2. The van der Waals surface area contributed by atoms with Crippen molar-refractivity contribution >= 4 is 0 Å². The van der Waals surface area contributed by atoms with Crippen LogP contribution in [0.1, 0.15) is 334 Å². The lowest BCUT2D eigenvalue weighted by atomic mass is 9.78. The maximum absolute atomic E-state index is 5.27. The third-order valence-electron chi connectivity index (χ3n) is 18.5. The fourth-order valence-corrected chi connectivity index (χ4v) is 15.5. The van der Waals surface area contributed by atoms with E-state index in [-0.39, 0.29) is 0 Å². The van der Waals surface area contributed by atoms with Crippen molar-refractivity contribution < 1.29 is 4.74 Å². The van der Waals surface area contributed by atoms with Crippen molar-refractivity contribution in [3.63, 3.8) is 0 Å². The number of likely N-dealkylation sites (tertiary alicyclic amines) is 4. The maximum Gasteiger partial charge on any atom is 0.0594 e. The van der Waals surface area contributed by atoms with Crippen LogP contribution in [0.5, 0.6) is 0 Å². The van der Waals surface area contributed by atoms with Crippen molar-refractivity contribution in [3.8, 4) is 0 Å². The zero-order chi connectivity index (χ0) is 80.2. The molecule has 0 bridgehead atoms. The van der Waals surface area contributed by atoms with Crippen LogP contribution < -0.4 is 10.6 Å². The molecule has 11 nitrogen and oxygen atoms in total. The van der Waals surface area contributed by atoms with Crippen LogP contribution in [-0.2, 0) is 4.74 Å². The van der Waals surface area contributed by atoms with Gasteiger partial charge in [-0.15, -0.1) is 0 Å². The van der Waals surface area contributed by atoms with Gasteiger partial charge in [0.1, 0.15) is 0 Å². The van der Waals surface area contributed by atoms with E-state index in [4.69, 9.17) is 4.74 Å². The van der Waals surface area contributed by atoms with E-state index in [0.717, 1.165) is 50.7 Å². The number of nitrogens with zero attached hydrogens (tertiary/aromatic N) is 8. The molecule has 5 atom stereocenters. The molecular weight excluding hydrogens is 1250 g/mol. The lowest BCUT2D eigenvalue weighted by Crippen LogP contribution is -2.59. The average Bonchev–Trinajstić information content (AvgIpc) is 1.26. The van der Waals surface area contributed by atoms with Gasteiger partial charge in [-0.1, -0.05) is 242 Å². The first-order chi connectivity index (χ1) is 45.8. The number of morpholine rings is 1. The standard InChI is InChI=1S/C11H23N.C10H22N2.C10H21N.C9H19NO.2C9H19N.C9H21N.C9H20.C8H17N.C7H17N/c1-5-10-6-7-12(8-10)9-11(2,3)4;1-8-6-12(10(3,4)5)7-9(2)11-8;1-9-5-6-11(7-9)8-10(2,3)4;1-9(2,3)8-10-4-6-11-7-5-10;2*1-9(2,3)8-10-6-4-5-7-10;1-6-10(7-2)8-9(3,4)5;1-8(2,3)7-9(4,5)6;1-8(2,3)7-5-4-6-9-7;1-7(2,3)6-8(4)5/h10H,5-9H2,1-4H3;8-9,11H,6-7H2,1-5H3;9H,5-8H2,1-4H3;4-8H2,1-3H3;2*4-8H2,1-3H3;6-8H2,1-5H3;7H2,1-6H3;7,9H,4-6H2,1-3H3;6H2,1-5H3. The Balaban J connectivity index is -0.00000107. The summed E-state index contributed by atoms with van der Waals surface area (Å²) in [5.41, 5.74) is 5.02. The second-order valence-corrected chi connectivity index (χ2v) is 46.3. The lowest BCUT2D eigenvalue weighted by molar-refractivity contribution is 0.0236. The Morgan fingerprint density at radius 3 is 0.951 bits per heavy atom. The second-order valence-electron chi connectivity index (χ2n) is 46.3. The Labute approximate surface area is 646 Å². The van der Waals surface area contributed by atoms with Crippen LogP contribution in [0, 0.1) is 66.0 Å². The zero-order valence-corrected chi connectivity index (χ0v) is 78.4. The summed E-state index contributed by atoms with van der Waals surface area (Å²) in [6.07, 6.45) is 13.9. The highest BCUT2D eigenvalue weighted by atomic mass is 16.5. The van der Waals surface area contributed by atoms with E-state index < -0.39 is 0 Å². The minimum atomic E-state index is 0.324. The minimum absolute atomic E-state index is 0.324. The summed E-state index contributed by atoms with van der Waals surface area (Å²) in [6, 6.07) is 2.03. The van der Waals surface area contributed by atoms with E-state index in [1.165, 1.54) is 189 Å². The summed E-state index contributed by atoms with van der Waals surface area (Å²) in [4.78, 5) is 20.0. The molecule has 0 radical (unpaired) electrons. The molecule has 0 aromatic heterocycles. The third kappa shape index (κ3) is 70.0. The first kappa shape index (κ1) is 106. The fourth-order valence-electron chi connectivity index (χ4n) is 15.5. The molecule has 2 N–H and O–H groups in total. The molecule has 0 aromatic rings. The van der Waals surface area contributed by atoms with Crippen LogP contribution in [-0.4, -0.2) is 234 Å². The molecule has 0 saturated carbocycles. The Morgan fingerprint density at radius 1 is 0.373 bits per heavy atom. The largest absolute Gasteiger partial charge is 0.379 e. The molecule has 7 aliphatic heterocycles. The fraction of sp³-hybridized carbons (Fsp3) is 1.00. The molecule has 0 amide bonds. The van der Waals surface area contributed by atoms with Gasteiger partial charge in [-0.05, 0) is 231 Å². The van der Waals surface area contributed by atoms with Crippen molar-refractivity contribution in [2.24, 2.45) is 66.0 Å². The Hall–Kier alpha value is -0.440. The summed E-state index contributed by atoms with van der Waals surface area (Å²) in [5, 5.41) is 7.04. The van der Waals surface area contributed by atoms with Crippen LogP contribution in [0.4, 0.5) is 0 Å². The summed E-state index contributed by atoms with van der Waals surface area (Å²) >= 11 is 0. The van der Waals surface area contributed by atoms with Gasteiger partial charge in [0.25, 0.3) is 0 Å². The second kappa shape index (κ2) is 49.7. The quantitative estimate of drug-likeness (QED) is 0.220. The number of piperazine rings is 1. The van der Waals surface area contributed by atoms with E-state index in [1.54, 1.807) is 0 Å². The van der Waals surface area contributed by atoms with Crippen LogP contribution >= 0.6 is 0 Å². The highest BCUT2D eigenvalue weighted by Crippen LogP contribution is 2.33. The summed E-state index contributed by atoms with van der Waals surface area (Å²) in [7, 11) is 4.20. The number of rotatable bonds is 10. The van der Waals surface area contributed by atoms with Crippen LogP contribution in [0.3, 0.4) is 0 Å². The molecule has 11 heteroatoms. The molecule has 7 fully saturated rings. The van der Waals surface area contributed by atoms with Crippen molar-refractivity contribution in [3.05, 3.63) is 0 Å². The number of hydrogen-bond acceptors (Lipinski definition) is 11. The van der Waals surface area contributed by atoms with E-state index in [1.807, 2.05) is 0 Å². The topological polar surface area (TPSA) is 59.2 Å². The third-order valence-corrected chi connectivity index (χ3v) is 18.5. The Morgan fingerprint density at radius 2 is 0.725 bits per heavy atom. The molecule has 7 rings (SSSR count). The first-order valence-electron chi connectivity index (χ1n) is 42.6. The molecule has 102 heavy (non-hydrogen) atoms.